The van der Waals surface area contributed by atoms with Crippen LogP contribution in [0.4, 0.5) is 0 Å². The molecule has 0 bridgehead atoms. The van der Waals surface area contributed by atoms with Gasteiger partial charge in [0.15, 0.2) is 0 Å². The van der Waals surface area contributed by atoms with Crippen molar-refractivity contribution in [3.05, 3.63) is 45.2 Å². The first-order valence-electron chi connectivity index (χ1n) is 7.26. The number of nitrogens with zero attached hydrogens (tertiary/aromatic N) is 2. The Morgan fingerprint density at radius 2 is 2.14 bits per heavy atom. The Labute approximate surface area is 130 Å². The molecule has 0 aliphatic heterocycles. The van der Waals surface area contributed by atoms with Gasteiger partial charge in [-0.05, 0) is 31.9 Å². The summed E-state index contributed by atoms with van der Waals surface area (Å²) in [5.74, 6) is 0. The van der Waals surface area contributed by atoms with Crippen molar-refractivity contribution >= 4 is 11.3 Å². The quantitative estimate of drug-likeness (QED) is 0.799. The molecule has 0 aliphatic rings. The highest BCUT2D eigenvalue weighted by molar-refractivity contribution is 7.11. The second-order valence-electron chi connectivity index (χ2n) is 5.02. The highest BCUT2D eigenvalue weighted by atomic mass is 32.1. The summed E-state index contributed by atoms with van der Waals surface area (Å²) in [7, 11) is 1.72. The average Bonchev–Trinajstić information content (AvgIpc) is 2.86. The minimum Gasteiger partial charge on any atom is -0.383 e. The van der Waals surface area contributed by atoms with E-state index in [9.17, 15) is 0 Å². The Morgan fingerprint density at radius 3 is 2.71 bits per heavy atom. The third-order valence-electron chi connectivity index (χ3n) is 3.41. The van der Waals surface area contributed by atoms with Crippen LogP contribution < -0.4 is 5.32 Å². The molecule has 1 atom stereocenters. The van der Waals surface area contributed by atoms with Crippen molar-refractivity contribution in [3.8, 4) is 0 Å². The van der Waals surface area contributed by atoms with Crippen LogP contribution in [0.2, 0.25) is 0 Å². The van der Waals surface area contributed by atoms with E-state index in [1.807, 2.05) is 19.2 Å². The topological polar surface area (TPSA) is 47.0 Å². The van der Waals surface area contributed by atoms with E-state index in [0.29, 0.717) is 6.61 Å². The molecule has 1 unspecified atom stereocenters. The molecule has 0 aliphatic carbocycles. The van der Waals surface area contributed by atoms with E-state index < -0.39 is 0 Å². The summed E-state index contributed by atoms with van der Waals surface area (Å²) in [6, 6.07) is 4.24. The van der Waals surface area contributed by atoms with Gasteiger partial charge in [0.05, 0.1) is 18.3 Å². The van der Waals surface area contributed by atoms with Gasteiger partial charge < -0.3 is 10.1 Å². The Balaban J connectivity index is 2.27. The van der Waals surface area contributed by atoms with E-state index in [1.54, 1.807) is 18.4 Å². The van der Waals surface area contributed by atoms with Crippen LogP contribution in [0.5, 0.6) is 0 Å². The predicted octanol–water partition coefficient (Wildman–Crippen LogP) is 3.04. The molecule has 5 heteroatoms. The van der Waals surface area contributed by atoms with E-state index in [1.165, 1.54) is 10.6 Å². The van der Waals surface area contributed by atoms with Gasteiger partial charge in [0.1, 0.15) is 5.01 Å². The van der Waals surface area contributed by atoms with Gasteiger partial charge in [-0.2, -0.15) is 0 Å². The first-order valence-corrected chi connectivity index (χ1v) is 8.08. The Bertz CT molecular complexity index is 565. The smallest absolute Gasteiger partial charge is 0.115 e. The maximum atomic E-state index is 5.14. The van der Waals surface area contributed by atoms with Crippen LogP contribution in [-0.4, -0.2) is 30.2 Å². The number of methoxy groups -OCH3 is 1. The lowest BCUT2D eigenvalue weighted by atomic mass is 10.1. The summed E-state index contributed by atoms with van der Waals surface area (Å²) in [4.78, 5) is 10.5. The minimum atomic E-state index is 0.0808. The van der Waals surface area contributed by atoms with Gasteiger partial charge in [0.25, 0.3) is 0 Å². The lowest BCUT2D eigenvalue weighted by Gasteiger charge is -2.16. The Morgan fingerprint density at radius 1 is 1.33 bits per heavy atom. The third kappa shape index (κ3) is 4.09. The van der Waals surface area contributed by atoms with Gasteiger partial charge >= 0.3 is 0 Å². The highest BCUT2D eigenvalue weighted by Crippen LogP contribution is 2.28. The maximum Gasteiger partial charge on any atom is 0.115 e. The number of thiazole rings is 1. The van der Waals surface area contributed by atoms with Crippen LogP contribution in [0.1, 0.15) is 39.8 Å². The lowest BCUT2D eigenvalue weighted by molar-refractivity contribution is 0.197. The number of rotatable bonds is 7. The molecule has 2 rings (SSSR count). The molecule has 1 N–H and O–H groups in total. The fourth-order valence-corrected chi connectivity index (χ4v) is 3.32. The van der Waals surface area contributed by atoms with E-state index in [-0.39, 0.29) is 6.04 Å². The fourth-order valence-electron chi connectivity index (χ4n) is 2.20. The number of nitrogens with one attached hydrogen (secondary N) is 1. The van der Waals surface area contributed by atoms with Crippen molar-refractivity contribution in [1.82, 2.24) is 15.3 Å². The number of pyridine rings is 1. The summed E-state index contributed by atoms with van der Waals surface area (Å²) in [5.41, 5.74) is 3.36. The minimum absolute atomic E-state index is 0.0808. The molecule has 4 nitrogen and oxygen atoms in total. The molecule has 2 aromatic rings. The molecular weight excluding hydrogens is 282 g/mol. The Kier molecular flexibility index (Phi) is 5.85. The fraction of sp³-hybridized carbons (Fsp3) is 0.500. The Hall–Kier alpha value is -1.30. The molecule has 0 fully saturated rings. The van der Waals surface area contributed by atoms with Gasteiger partial charge in [0, 0.05) is 30.4 Å². The maximum absolute atomic E-state index is 5.14. The summed E-state index contributed by atoms with van der Waals surface area (Å²) >= 11 is 1.76. The summed E-state index contributed by atoms with van der Waals surface area (Å²) in [6.07, 6.45) is 2.90. The number of aromatic nitrogens is 2. The summed E-state index contributed by atoms with van der Waals surface area (Å²) in [6.45, 7) is 7.75. The van der Waals surface area contributed by atoms with Crippen molar-refractivity contribution in [2.75, 3.05) is 20.3 Å². The van der Waals surface area contributed by atoms with Crippen LogP contribution in [-0.2, 0) is 11.2 Å². The molecule has 0 amide bonds. The second kappa shape index (κ2) is 7.64. The molecule has 0 radical (unpaired) electrons. The van der Waals surface area contributed by atoms with Gasteiger partial charge in [-0.25, -0.2) is 4.98 Å². The lowest BCUT2D eigenvalue weighted by Crippen LogP contribution is -2.26. The number of aryl methyl sites for hydroxylation is 3. The van der Waals surface area contributed by atoms with Gasteiger partial charge in [0.2, 0.25) is 0 Å². The SMILES string of the molecule is CCc1nc(C(NCCOC)c2ccc(C)nc2)sc1C. The van der Waals surface area contributed by atoms with Crippen molar-refractivity contribution in [3.63, 3.8) is 0 Å². The molecule has 0 aromatic carbocycles. The predicted molar refractivity (Wildman–Crippen MR) is 86.9 cm³/mol. The normalized spacial score (nSPS) is 12.6. The zero-order valence-electron chi connectivity index (χ0n) is 13.1. The van der Waals surface area contributed by atoms with Crippen LogP contribution in [0, 0.1) is 13.8 Å². The first kappa shape index (κ1) is 16.1. The van der Waals surface area contributed by atoms with Crippen molar-refractivity contribution in [1.29, 1.82) is 0 Å². The third-order valence-corrected chi connectivity index (χ3v) is 4.49. The summed E-state index contributed by atoms with van der Waals surface area (Å²) < 4.78 is 5.14. The van der Waals surface area contributed by atoms with E-state index in [0.717, 1.165) is 29.2 Å². The first-order chi connectivity index (χ1) is 10.2. The molecule has 0 saturated heterocycles. The monoisotopic (exact) mass is 305 g/mol. The van der Waals surface area contributed by atoms with Gasteiger partial charge in [-0.3, -0.25) is 4.98 Å². The summed E-state index contributed by atoms with van der Waals surface area (Å²) in [5, 5.41) is 4.62. The largest absolute Gasteiger partial charge is 0.383 e. The molecular formula is C16H23N3OS. The number of ether oxygens (including phenoxy) is 1. The van der Waals surface area contributed by atoms with Gasteiger partial charge in [-0.15, -0.1) is 11.3 Å². The van der Waals surface area contributed by atoms with Crippen LogP contribution in [0.3, 0.4) is 0 Å². The van der Waals surface area contributed by atoms with Crippen molar-refractivity contribution in [2.24, 2.45) is 0 Å². The van der Waals surface area contributed by atoms with E-state index in [2.05, 4.69) is 30.2 Å². The van der Waals surface area contributed by atoms with Crippen LogP contribution in [0.25, 0.3) is 0 Å². The van der Waals surface area contributed by atoms with Crippen LogP contribution in [0.15, 0.2) is 18.3 Å². The van der Waals surface area contributed by atoms with E-state index >= 15 is 0 Å². The molecule has 2 aromatic heterocycles. The average molecular weight is 305 g/mol. The van der Waals surface area contributed by atoms with Crippen LogP contribution >= 0.6 is 11.3 Å². The molecule has 0 spiro atoms. The molecule has 21 heavy (non-hydrogen) atoms. The highest BCUT2D eigenvalue weighted by Gasteiger charge is 2.19. The van der Waals surface area contributed by atoms with Gasteiger partial charge in [-0.1, -0.05) is 13.0 Å². The molecule has 114 valence electrons. The number of hydrogen-bond donors (Lipinski definition) is 1. The molecule has 0 saturated carbocycles. The zero-order valence-corrected chi connectivity index (χ0v) is 14.0. The standard InChI is InChI=1S/C16H23N3OS/c1-5-14-12(3)21-16(19-14)15(17-8-9-20-4)13-7-6-11(2)18-10-13/h6-7,10,15,17H,5,8-9H2,1-4H3. The zero-order chi connectivity index (χ0) is 15.2. The second-order valence-corrected chi connectivity index (χ2v) is 6.26. The number of hydrogen-bond acceptors (Lipinski definition) is 5. The van der Waals surface area contributed by atoms with Crippen molar-refractivity contribution in [2.45, 2.75) is 33.2 Å². The van der Waals surface area contributed by atoms with Crippen molar-refractivity contribution < 1.29 is 4.74 Å². The van der Waals surface area contributed by atoms with E-state index in [4.69, 9.17) is 9.72 Å². The molecule has 2 heterocycles.